The van der Waals surface area contributed by atoms with E-state index < -0.39 is 0 Å². The van der Waals surface area contributed by atoms with Crippen LogP contribution in [0.25, 0.3) is 22.2 Å². The zero-order valence-corrected chi connectivity index (χ0v) is 18.0. The molecule has 0 unspecified atom stereocenters. The van der Waals surface area contributed by atoms with E-state index in [0.29, 0.717) is 34.5 Å². The lowest BCUT2D eigenvalue weighted by Gasteiger charge is -2.07. The Morgan fingerprint density at radius 3 is 2.69 bits per heavy atom. The summed E-state index contributed by atoms with van der Waals surface area (Å²) in [4.78, 5) is 17.6. The fraction of sp³-hybridized carbons (Fsp3) is 0.136. The van der Waals surface area contributed by atoms with Crippen LogP contribution in [0.3, 0.4) is 0 Å². The van der Waals surface area contributed by atoms with Crippen LogP contribution in [-0.4, -0.2) is 48.4 Å². The first kappa shape index (κ1) is 19.9. The van der Waals surface area contributed by atoms with E-state index >= 15 is 0 Å². The van der Waals surface area contributed by atoms with Gasteiger partial charge in [-0.15, -0.1) is 15.3 Å². The minimum Gasteiger partial charge on any atom is -0.475 e. The lowest BCUT2D eigenvalue weighted by atomic mass is 10.2. The average molecular weight is 446 g/mol. The summed E-state index contributed by atoms with van der Waals surface area (Å²) in [6.45, 7) is 2.44. The van der Waals surface area contributed by atoms with Gasteiger partial charge in [0.25, 0.3) is 5.91 Å². The van der Waals surface area contributed by atoms with Crippen molar-refractivity contribution in [2.45, 2.75) is 6.92 Å². The number of aryl methyl sites for hydroxylation is 1. The third-order valence-corrected chi connectivity index (χ3v) is 5.89. The number of nitrogens with zero attached hydrogens (tertiary/aromatic N) is 6. The number of fused-ring (bicyclic) bond motifs is 1. The maximum Gasteiger partial charge on any atom is 0.263 e. The highest BCUT2D eigenvalue weighted by Gasteiger charge is 2.16. The number of thiazole rings is 1. The number of ether oxygens (including phenoxy) is 1. The molecule has 0 aliphatic rings. The molecule has 9 nitrogen and oxygen atoms in total. The standard InChI is InChI=1S/C22H19N7O2S/c1-15-19(32-22(24-15)28-12-5-6-13-28)21(30)23-11-14-31-18-10-9-17-25-26-20(29(17)27-18)16-7-3-2-4-8-16/h2-10,12-13H,11,14H2,1H3,(H,23,30). The second-order valence-corrected chi connectivity index (χ2v) is 7.91. The van der Waals surface area contributed by atoms with Crippen molar-refractivity contribution < 1.29 is 9.53 Å². The molecular weight excluding hydrogens is 426 g/mol. The molecule has 1 N–H and O–H groups in total. The molecule has 0 spiro atoms. The summed E-state index contributed by atoms with van der Waals surface area (Å²) in [5.41, 5.74) is 2.24. The molecule has 0 bridgehead atoms. The van der Waals surface area contributed by atoms with Crippen LogP contribution in [0.15, 0.2) is 67.0 Å². The zero-order valence-electron chi connectivity index (χ0n) is 17.2. The van der Waals surface area contributed by atoms with E-state index in [1.807, 2.05) is 66.3 Å². The van der Waals surface area contributed by atoms with Crippen molar-refractivity contribution in [3.8, 4) is 22.4 Å². The number of carbonyl (C=O) groups is 1. The molecule has 32 heavy (non-hydrogen) atoms. The Morgan fingerprint density at radius 1 is 1.06 bits per heavy atom. The van der Waals surface area contributed by atoms with E-state index in [9.17, 15) is 4.79 Å². The SMILES string of the molecule is Cc1nc(-n2cccc2)sc1C(=O)NCCOc1ccc2nnc(-c3ccccc3)n2n1. The number of hydrogen-bond donors (Lipinski definition) is 1. The highest BCUT2D eigenvalue weighted by molar-refractivity contribution is 7.16. The smallest absolute Gasteiger partial charge is 0.263 e. The van der Waals surface area contributed by atoms with Crippen molar-refractivity contribution in [1.29, 1.82) is 0 Å². The summed E-state index contributed by atoms with van der Waals surface area (Å²) >= 11 is 1.35. The molecule has 160 valence electrons. The van der Waals surface area contributed by atoms with Crippen molar-refractivity contribution in [2.24, 2.45) is 0 Å². The summed E-state index contributed by atoms with van der Waals surface area (Å²) in [6, 6.07) is 17.1. The van der Waals surface area contributed by atoms with Crippen molar-refractivity contribution in [3.63, 3.8) is 0 Å². The third-order valence-electron chi connectivity index (χ3n) is 4.72. The Morgan fingerprint density at radius 2 is 1.88 bits per heavy atom. The monoisotopic (exact) mass is 445 g/mol. The first-order valence-corrected chi connectivity index (χ1v) is 10.8. The predicted molar refractivity (Wildman–Crippen MR) is 120 cm³/mol. The molecule has 0 atom stereocenters. The van der Waals surface area contributed by atoms with Gasteiger partial charge in [-0.05, 0) is 25.1 Å². The fourth-order valence-corrected chi connectivity index (χ4v) is 4.13. The molecule has 1 amide bonds. The highest BCUT2D eigenvalue weighted by atomic mass is 32.1. The Hall–Kier alpha value is -4.05. The van der Waals surface area contributed by atoms with Gasteiger partial charge >= 0.3 is 0 Å². The van der Waals surface area contributed by atoms with Crippen LogP contribution >= 0.6 is 11.3 Å². The number of amides is 1. The Balaban J connectivity index is 1.21. The molecular formula is C22H19N7O2S. The van der Waals surface area contributed by atoms with Gasteiger partial charge in [0.1, 0.15) is 11.5 Å². The summed E-state index contributed by atoms with van der Waals surface area (Å²) in [7, 11) is 0. The van der Waals surface area contributed by atoms with E-state index in [0.717, 1.165) is 10.7 Å². The van der Waals surface area contributed by atoms with Gasteiger partial charge < -0.3 is 14.6 Å². The molecule has 0 aliphatic carbocycles. The lowest BCUT2D eigenvalue weighted by Crippen LogP contribution is -2.28. The number of benzene rings is 1. The number of nitrogens with one attached hydrogen (secondary N) is 1. The minimum absolute atomic E-state index is 0.171. The van der Waals surface area contributed by atoms with Crippen molar-refractivity contribution in [1.82, 2.24) is 34.7 Å². The second-order valence-electron chi connectivity index (χ2n) is 6.94. The van der Waals surface area contributed by atoms with Crippen LogP contribution in [0.5, 0.6) is 5.88 Å². The molecule has 4 aromatic heterocycles. The first-order valence-electron chi connectivity index (χ1n) is 9.99. The van der Waals surface area contributed by atoms with Crippen LogP contribution in [0.4, 0.5) is 0 Å². The molecule has 0 radical (unpaired) electrons. The van der Waals surface area contributed by atoms with E-state index in [1.165, 1.54) is 11.3 Å². The summed E-state index contributed by atoms with van der Waals surface area (Å²) in [5.74, 6) is 0.890. The fourth-order valence-electron chi connectivity index (χ4n) is 3.18. The van der Waals surface area contributed by atoms with E-state index in [2.05, 4.69) is 25.6 Å². The molecule has 5 rings (SSSR count). The van der Waals surface area contributed by atoms with E-state index in [1.54, 1.807) is 16.6 Å². The quantitative estimate of drug-likeness (QED) is 0.387. The molecule has 0 saturated carbocycles. The van der Waals surface area contributed by atoms with E-state index in [4.69, 9.17) is 4.74 Å². The summed E-state index contributed by atoms with van der Waals surface area (Å²) in [6.07, 6.45) is 3.80. The van der Waals surface area contributed by atoms with Crippen LogP contribution in [-0.2, 0) is 0 Å². The molecule has 10 heteroatoms. The average Bonchev–Trinajstić information content (AvgIpc) is 3.56. The number of carbonyl (C=O) groups excluding carboxylic acids is 1. The van der Waals surface area contributed by atoms with Gasteiger partial charge in [-0.3, -0.25) is 4.79 Å². The van der Waals surface area contributed by atoms with Crippen molar-refractivity contribution >= 4 is 22.9 Å². The Kier molecular flexibility index (Phi) is 5.34. The maximum absolute atomic E-state index is 12.6. The van der Waals surface area contributed by atoms with Crippen molar-refractivity contribution in [2.75, 3.05) is 13.2 Å². The molecule has 0 saturated heterocycles. The number of aromatic nitrogens is 6. The molecule has 0 aliphatic heterocycles. The molecule has 4 heterocycles. The van der Waals surface area contributed by atoms with Gasteiger partial charge in [0.2, 0.25) is 5.88 Å². The minimum atomic E-state index is -0.171. The largest absolute Gasteiger partial charge is 0.475 e. The van der Waals surface area contributed by atoms with Crippen LogP contribution < -0.4 is 10.1 Å². The van der Waals surface area contributed by atoms with Crippen LogP contribution in [0.2, 0.25) is 0 Å². The highest BCUT2D eigenvalue weighted by Crippen LogP contribution is 2.22. The van der Waals surface area contributed by atoms with Gasteiger partial charge in [0, 0.05) is 24.0 Å². The molecule has 0 fully saturated rings. The zero-order chi connectivity index (χ0) is 21.9. The van der Waals surface area contributed by atoms with E-state index in [-0.39, 0.29) is 12.5 Å². The maximum atomic E-state index is 12.6. The second kappa shape index (κ2) is 8.60. The summed E-state index contributed by atoms with van der Waals surface area (Å²) < 4.78 is 9.26. The van der Waals surface area contributed by atoms with Gasteiger partial charge in [-0.25, -0.2) is 4.98 Å². The third kappa shape index (κ3) is 3.95. The van der Waals surface area contributed by atoms with Crippen LogP contribution in [0.1, 0.15) is 15.4 Å². The number of rotatable bonds is 7. The first-order chi connectivity index (χ1) is 15.7. The summed E-state index contributed by atoms with van der Waals surface area (Å²) in [5, 5.41) is 16.5. The van der Waals surface area contributed by atoms with Crippen molar-refractivity contribution in [3.05, 3.63) is 77.6 Å². The Labute approximate surface area is 187 Å². The molecule has 5 aromatic rings. The normalized spacial score (nSPS) is 11.0. The van der Waals surface area contributed by atoms with Gasteiger partial charge in [0.05, 0.1) is 12.2 Å². The van der Waals surface area contributed by atoms with Gasteiger partial charge in [-0.1, -0.05) is 41.7 Å². The van der Waals surface area contributed by atoms with Crippen LogP contribution in [0, 0.1) is 6.92 Å². The topological polar surface area (TPSA) is 99.2 Å². The Bertz CT molecular complexity index is 1360. The lowest BCUT2D eigenvalue weighted by molar-refractivity contribution is 0.0949. The van der Waals surface area contributed by atoms with Gasteiger partial charge in [-0.2, -0.15) is 4.52 Å². The van der Waals surface area contributed by atoms with Gasteiger partial charge in [0.15, 0.2) is 16.6 Å². The molecule has 1 aromatic carbocycles. The number of hydrogen-bond acceptors (Lipinski definition) is 7. The predicted octanol–water partition coefficient (Wildman–Crippen LogP) is 3.16.